The summed E-state index contributed by atoms with van der Waals surface area (Å²) in [5, 5.41) is 3.37. The SMILES string of the molecule is Cc1nc2ccc(-c3cnc(C4CCNC4)[nH]3)cc2[nH]1. The molecule has 20 heavy (non-hydrogen) atoms. The molecule has 1 unspecified atom stereocenters. The molecule has 4 rings (SSSR count). The van der Waals surface area contributed by atoms with Crippen LogP contribution in [0.15, 0.2) is 24.4 Å². The van der Waals surface area contributed by atoms with Gasteiger partial charge >= 0.3 is 0 Å². The van der Waals surface area contributed by atoms with Crippen molar-refractivity contribution in [1.82, 2.24) is 25.3 Å². The predicted molar refractivity (Wildman–Crippen MR) is 78.6 cm³/mol. The van der Waals surface area contributed by atoms with E-state index < -0.39 is 0 Å². The minimum absolute atomic E-state index is 0.516. The van der Waals surface area contributed by atoms with Crippen LogP contribution in [-0.4, -0.2) is 33.0 Å². The van der Waals surface area contributed by atoms with Gasteiger partial charge in [-0.05, 0) is 32.0 Å². The van der Waals surface area contributed by atoms with Gasteiger partial charge in [-0.3, -0.25) is 0 Å². The summed E-state index contributed by atoms with van der Waals surface area (Å²) >= 11 is 0. The molecule has 1 aromatic carbocycles. The molecule has 0 saturated carbocycles. The zero-order valence-electron chi connectivity index (χ0n) is 11.4. The van der Waals surface area contributed by atoms with Gasteiger partial charge in [-0.25, -0.2) is 9.97 Å². The van der Waals surface area contributed by atoms with Crippen LogP contribution in [0.3, 0.4) is 0 Å². The van der Waals surface area contributed by atoms with Crippen LogP contribution in [0.2, 0.25) is 0 Å². The molecule has 3 aromatic rings. The summed E-state index contributed by atoms with van der Waals surface area (Å²) in [7, 11) is 0. The Morgan fingerprint density at radius 2 is 2.20 bits per heavy atom. The standard InChI is InChI=1S/C15H17N5/c1-9-18-12-3-2-10(6-13(12)19-9)14-8-17-15(20-14)11-4-5-16-7-11/h2-3,6,8,11,16H,4-5,7H2,1H3,(H,17,20)(H,18,19). The molecule has 1 aliphatic heterocycles. The van der Waals surface area contributed by atoms with Gasteiger partial charge in [0, 0.05) is 18.0 Å². The van der Waals surface area contributed by atoms with Gasteiger partial charge in [0.2, 0.25) is 0 Å². The van der Waals surface area contributed by atoms with E-state index in [2.05, 4.69) is 37.4 Å². The first-order chi connectivity index (χ1) is 9.79. The van der Waals surface area contributed by atoms with Crippen LogP contribution in [0.25, 0.3) is 22.3 Å². The summed E-state index contributed by atoms with van der Waals surface area (Å²) in [6.07, 6.45) is 3.09. The molecule has 1 saturated heterocycles. The summed E-state index contributed by atoms with van der Waals surface area (Å²) in [6.45, 7) is 4.08. The lowest BCUT2D eigenvalue weighted by Crippen LogP contribution is -2.08. The van der Waals surface area contributed by atoms with Gasteiger partial charge in [0.05, 0.1) is 22.9 Å². The quantitative estimate of drug-likeness (QED) is 0.667. The molecule has 5 nitrogen and oxygen atoms in total. The van der Waals surface area contributed by atoms with Crippen LogP contribution in [0, 0.1) is 6.92 Å². The van der Waals surface area contributed by atoms with Crippen molar-refractivity contribution in [2.24, 2.45) is 0 Å². The van der Waals surface area contributed by atoms with Gasteiger partial charge in [-0.2, -0.15) is 0 Å². The van der Waals surface area contributed by atoms with Crippen LogP contribution in [-0.2, 0) is 0 Å². The minimum atomic E-state index is 0.516. The second kappa shape index (κ2) is 4.45. The molecule has 2 aromatic heterocycles. The van der Waals surface area contributed by atoms with Gasteiger partial charge in [-0.1, -0.05) is 6.07 Å². The van der Waals surface area contributed by atoms with Gasteiger partial charge in [0.25, 0.3) is 0 Å². The fourth-order valence-corrected chi connectivity index (χ4v) is 2.88. The van der Waals surface area contributed by atoms with Gasteiger partial charge < -0.3 is 15.3 Å². The van der Waals surface area contributed by atoms with E-state index >= 15 is 0 Å². The molecule has 0 amide bonds. The maximum absolute atomic E-state index is 4.54. The van der Waals surface area contributed by atoms with Crippen molar-refractivity contribution in [3.05, 3.63) is 36.0 Å². The number of hydrogen-bond donors (Lipinski definition) is 3. The number of rotatable bonds is 2. The molecule has 1 fully saturated rings. The largest absolute Gasteiger partial charge is 0.342 e. The number of aryl methyl sites for hydroxylation is 1. The van der Waals surface area contributed by atoms with Crippen molar-refractivity contribution in [2.75, 3.05) is 13.1 Å². The number of benzene rings is 1. The molecule has 0 radical (unpaired) electrons. The highest BCUT2D eigenvalue weighted by Gasteiger charge is 2.19. The van der Waals surface area contributed by atoms with E-state index in [-0.39, 0.29) is 0 Å². The summed E-state index contributed by atoms with van der Waals surface area (Å²) in [5.74, 6) is 2.55. The molecular weight excluding hydrogens is 250 g/mol. The lowest BCUT2D eigenvalue weighted by atomic mass is 10.1. The molecule has 0 aliphatic carbocycles. The van der Waals surface area contributed by atoms with Crippen molar-refractivity contribution in [3.8, 4) is 11.3 Å². The van der Waals surface area contributed by atoms with Crippen LogP contribution in [0.1, 0.15) is 24.0 Å². The summed E-state index contributed by atoms with van der Waals surface area (Å²) in [4.78, 5) is 15.7. The highest BCUT2D eigenvalue weighted by atomic mass is 15.0. The van der Waals surface area contributed by atoms with Gasteiger partial charge in [-0.15, -0.1) is 0 Å². The number of fused-ring (bicyclic) bond motifs is 1. The molecular formula is C15H17N5. The number of H-pyrrole nitrogens is 2. The fourth-order valence-electron chi connectivity index (χ4n) is 2.88. The van der Waals surface area contributed by atoms with Crippen molar-refractivity contribution in [2.45, 2.75) is 19.3 Å². The number of hydrogen-bond acceptors (Lipinski definition) is 3. The van der Waals surface area contributed by atoms with Gasteiger partial charge in [0.1, 0.15) is 11.6 Å². The van der Waals surface area contributed by atoms with Gasteiger partial charge in [0.15, 0.2) is 0 Å². The summed E-state index contributed by atoms with van der Waals surface area (Å²) < 4.78 is 0. The second-order valence-corrected chi connectivity index (χ2v) is 5.43. The molecule has 1 atom stereocenters. The maximum atomic E-state index is 4.54. The zero-order chi connectivity index (χ0) is 13.5. The Morgan fingerprint density at radius 3 is 3.05 bits per heavy atom. The number of aromatic nitrogens is 4. The molecule has 3 heterocycles. The smallest absolute Gasteiger partial charge is 0.110 e. The number of imidazole rings is 2. The third-order valence-electron chi connectivity index (χ3n) is 3.95. The molecule has 0 spiro atoms. The Morgan fingerprint density at radius 1 is 1.25 bits per heavy atom. The number of aromatic amines is 2. The number of nitrogens with one attached hydrogen (secondary N) is 3. The number of nitrogens with zero attached hydrogens (tertiary/aromatic N) is 2. The monoisotopic (exact) mass is 267 g/mol. The predicted octanol–water partition coefficient (Wildman–Crippen LogP) is 2.34. The van der Waals surface area contributed by atoms with E-state index in [0.29, 0.717) is 5.92 Å². The summed E-state index contributed by atoms with van der Waals surface area (Å²) in [5.41, 5.74) is 4.29. The molecule has 102 valence electrons. The Bertz CT molecular complexity index is 749. The Hall–Kier alpha value is -2.14. The first kappa shape index (κ1) is 11.7. The van der Waals surface area contributed by atoms with Crippen LogP contribution >= 0.6 is 0 Å². The molecule has 5 heteroatoms. The van der Waals surface area contributed by atoms with Crippen molar-refractivity contribution in [3.63, 3.8) is 0 Å². The fraction of sp³-hybridized carbons (Fsp3) is 0.333. The van der Waals surface area contributed by atoms with E-state index in [9.17, 15) is 0 Å². The average molecular weight is 267 g/mol. The highest BCUT2D eigenvalue weighted by molar-refractivity contribution is 5.81. The van der Waals surface area contributed by atoms with Crippen LogP contribution in [0.4, 0.5) is 0 Å². The van der Waals surface area contributed by atoms with E-state index in [1.807, 2.05) is 19.2 Å². The first-order valence-corrected chi connectivity index (χ1v) is 7.02. The van der Waals surface area contributed by atoms with E-state index in [1.165, 1.54) is 0 Å². The lowest BCUT2D eigenvalue weighted by Gasteiger charge is -2.03. The van der Waals surface area contributed by atoms with E-state index in [0.717, 1.165) is 53.4 Å². The van der Waals surface area contributed by atoms with Crippen LogP contribution in [0.5, 0.6) is 0 Å². The van der Waals surface area contributed by atoms with Crippen molar-refractivity contribution in [1.29, 1.82) is 0 Å². The van der Waals surface area contributed by atoms with E-state index in [1.54, 1.807) is 0 Å². The van der Waals surface area contributed by atoms with Crippen LogP contribution < -0.4 is 5.32 Å². The second-order valence-electron chi connectivity index (χ2n) is 5.43. The maximum Gasteiger partial charge on any atom is 0.110 e. The topological polar surface area (TPSA) is 69.4 Å². The van der Waals surface area contributed by atoms with Crippen molar-refractivity contribution >= 4 is 11.0 Å². The third-order valence-corrected chi connectivity index (χ3v) is 3.95. The van der Waals surface area contributed by atoms with Crippen molar-refractivity contribution < 1.29 is 0 Å². The Labute approximate surface area is 116 Å². The molecule has 1 aliphatic rings. The summed E-state index contributed by atoms with van der Waals surface area (Å²) in [6, 6.07) is 6.26. The molecule has 0 bridgehead atoms. The Balaban J connectivity index is 1.71. The highest BCUT2D eigenvalue weighted by Crippen LogP contribution is 2.25. The minimum Gasteiger partial charge on any atom is -0.342 e. The lowest BCUT2D eigenvalue weighted by molar-refractivity contribution is 0.715. The van der Waals surface area contributed by atoms with E-state index in [4.69, 9.17) is 0 Å². The normalized spacial score (nSPS) is 18.9. The zero-order valence-corrected chi connectivity index (χ0v) is 11.4. The first-order valence-electron chi connectivity index (χ1n) is 7.02. The third kappa shape index (κ3) is 1.91. The Kier molecular flexibility index (Phi) is 2.60. The average Bonchev–Trinajstić information content (AvgIpc) is 3.17. The molecule has 3 N–H and O–H groups in total.